The molecule has 4 nitrogen and oxygen atoms in total. The molecule has 0 aromatic heterocycles. The largest absolute Gasteiger partial charge is 0.445 e. The predicted molar refractivity (Wildman–Crippen MR) is 112 cm³/mol. The van der Waals surface area contributed by atoms with Gasteiger partial charge in [0.15, 0.2) is 0 Å². The van der Waals surface area contributed by atoms with Crippen molar-refractivity contribution in [1.29, 1.82) is 0 Å². The van der Waals surface area contributed by atoms with Gasteiger partial charge in [-0.05, 0) is 94.0 Å². The van der Waals surface area contributed by atoms with E-state index in [1.807, 2.05) is 14.2 Å². The topological polar surface area (TPSA) is 33.7 Å². The number of hydrogen-bond donors (Lipinski definition) is 1. The number of nitrogens with zero attached hydrogens (tertiary/aromatic N) is 1. The zero-order valence-corrected chi connectivity index (χ0v) is 19.1. The highest BCUT2D eigenvalue weighted by Gasteiger charge is 2.59. The fourth-order valence-corrected chi connectivity index (χ4v) is 11.5. The predicted octanol–water partition coefficient (Wildman–Crippen LogP) is 4.07. The van der Waals surface area contributed by atoms with Crippen LogP contribution in [-0.2, 0) is 8.85 Å². The van der Waals surface area contributed by atoms with Gasteiger partial charge in [0.25, 0.3) is 0 Å². The molecule has 0 bridgehead atoms. The first kappa shape index (κ1) is 20.3. The van der Waals surface area contributed by atoms with E-state index in [2.05, 4.69) is 23.7 Å². The summed E-state index contributed by atoms with van der Waals surface area (Å²) in [4.78, 5) is 0. The minimum absolute atomic E-state index is 0.428. The molecule has 0 aromatic carbocycles. The van der Waals surface area contributed by atoms with Gasteiger partial charge in [-0.15, -0.1) is 0 Å². The quantitative estimate of drug-likeness (QED) is 0.729. The van der Waals surface area contributed by atoms with Crippen LogP contribution in [0.4, 0.5) is 0 Å². The second-order valence-electron chi connectivity index (χ2n) is 10.2. The first-order valence-electron chi connectivity index (χ1n) is 11.7. The average molecular weight is 395 g/mol. The summed E-state index contributed by atoms with van der Waals surface area (Å²) in [6, 6.07) is 0.686. The molecule has 7 unspecified atom stereocenters. The van der Waals surface area contributed by atoms with Crippen molar-refractivity contribution in [3.05, 3.63) is 0 Å². The highest BCUT2D eigenvalue weighted by Crippen LogP contribution is 2.46. The molecule has 4 rings (SSSR count). The van der Waals surface area contributed by atoms with Gasteiger partial charge < -0.3 is 14.2 Å². The van der Waals surface area contributed by atoms with Crippen molar-refractivity contribution < 1.29 is 8.85 Å². The molecule has 27 heavy (non-hydrogen) atoms. The van der Waals surface area contributed by atoms with Crippen LogP contribution in [0.5, 0.6) is 0 Å². The van der Waals surface area contributed by atoms with Gasteiger partial charge in [0.1, 0.15) is 0 Å². The number of fused-ring (bicyclic) bond motifs is 2. The molecule has 156 valence electrons. The lowest BCUT2D eigenvalue weighted by molar-refractivity contribution is 0.0229. The van der Waals surface area contributed by atoms with Crippen molar-refractivity contribution in [1.82, 2.24) is 9.88 Å². The van der Waals surface area contributed by atoms with Crippen LogP contribution in [0.3, 0.4) is 0 Å². The summed E-state index contributed by atoms with van der Waals surface area (Å²) >= 11 is 0. The van der Waals surface area contributed by atoms with Crippen LogP contribution in [0.1, 0.15) is 71.6 Å². The summed E-state index contributed by atoms with van der Waals surface area (Å²) in [5, 5.41) is 3.95. The Kier molecular flexibility index (Phi) is 6.35. The van der Waals surface area contributed by atoms with Crippen molar-refractivity contribution in [2.24, 2.45) is 29.6 Å². The van der Waals surface area contributed by atoms with Crippen molar-refractivity contribution in [2.75, 3.05) is 27.3 Å². The molecular formula is C22H42N2O2Si. The van der Waals surface area contributed by atoms with E-state index in [-0.39, 0.29) is 0 Å². The lowest BCUT2D eigenvalue weighted by Gasteiger charge is -2.56. The third-order valence-corrected chi connectivity index (χ3v) is 12.5. The van der Waals surface area contributed by atoms with Crippen LogP contribution in [-0.4, -0.2) is 52.3 Å². The highest BCUT2D eigenvalue weighted by atomic mass is 28.4. The van der Waals surface area contributed by atoms with Crippen molar-refractivity contribution in [2.45, 2.75) is 83.3 Å². The smallest absolute Gasteiger partial charge is 0.385 e. The SMILES string of the molecule is CO[Si](OC)(C1NCCC2CC(C)CCC21)N1CCCC2CC(C)CCC21. The lowest BCUT2D eigenvalue weighted by atomic mass is 9.71. The van der Waals surface area contributed by atoms with Gasteiger partial charge in [0.05, 0.1) is 5.67 Å². The van der Waals surface area contributed by atoms with Crippen molar-refractivity contribution >= 4 is 8.72 Å². The maximum absolute atomic E-state index is 6.50. The van der Waals surface area contributed by atoms with Crippen molar-refractivity contribution in [3.8, 4) is 0 Å². The Balaban J connectivity index is 1.61. The van der Waals surface area contributed by atoms with Gasteiger partial charge in [0, 0.05) is 20.3 Å². The molecule has 0 aromatic rings. The summed E-state index contributed by atoms with van der Waals surface area (Å²) in [6.07, 6.45) is 12.3. The van der Waals surface area contributed by atoms with E-state index >= 15 is 0 Å². The Morgan fingerprint density at radius 1 is 0.852 bits per heavy atom. The summed E-state index contributed by atoms with van der Waals surface area (Å²) in [7, 11) is 1.41. The number of hydrogen-bond acceptors (Lipinski definition) is 4. The molecule has 2 aliphatic heterocycles. The minimum atomic E-state index is -2.48. The monoisotopic (exact) mass is 394 g/mol. The van der Waals surface area contributed by atoms with E-state index in [0.29, 0.717) is 11.7 Å². The van der Waals surface area contributed by atoms with Gasteiger partial charge in [-0.3, -0.25) is 4.57 Å². The number of nitrogens with one attached hydrogen (secondary N) is 1. The van der Waals surface area contributed by atoms with Crippen molar-refractivity contribution in [3.63, 3.8) is 0 Å². The maximum atomic E-state index is 6.50. The standard InChI is InChI=1S/C22H42N2O2Si/c1-16-7-9-20-18(14-16)11-12-23-22(20)27(25-3,26-4)24-13-5-6-19-15-17(2)8-10-21(19)24/h16-23H,5-15H2,1-4H3. The molecule has 1 N–H and O–H groups in total. The van der Waals surface area contributed by atoms with E-state index in [1.165, 1.54) is 64.3 Å². The first-order valence-corrected chi connectivity index (χ1v) is 13.5. The Labute approximate surface area is 168 Å². The summed E-state index contributed by atoms with van der Waals surface area (Å²) in [6.45, 7) is 7.21. The second kappa shape index (κ2) is 8.43. The van der Waals surface area contributed by atoms with Crippen LogP contribution in [0.15, 0.2) is 0 Å². The van der Waals surface area contributed by atoms with Gasteiger partial charge in [0.2, 0.25) is 0 Å². The molecule has 4 aliphatic rings. The van der Waals surface area contributed by atoms with E-state index in [9.17, 15) is 0 Å². The normalized spacial score (nSPS) is 43.8. The fourth-order valence-electron chi connectivity index (χ4n) is 7.30. The van der Waals surface area contributed by atoms with Gasteiger partial charge in [-0.1, -0.05) is 20.3 Å². The van der Waals surface area contributed by atoms with Crippen LogP contribution in [0, 0.1) is 29.6 Å². The molecule has 0 spiro atoms. The summed E-state index contributed by atoms with van der Waals surface area (Å²) in [5.41, 5.74) is 0.428. The van der Waals surface area contributed by atoms with E-state index in [1.54, 1.807) is 0 Å². The molecule has 2 saturated heterocycles. The van der Waals surface area contributed by atoms with E-state index < -0.39 is 8.72 Å². The molecule has 0 amide bonds. The van der Waals surface area contributed by atoms with Gasteiger partial charge >= 0.3 is 8.72 Å². The minimum Gasteiger partial charge on any atom is -0.385 e. The summed E-state index contributed by atoms with van der Waals surface area (Å²) < 4.78 is 15.8. The molecule has 0 radical (unpaired) electrons. The molecule has 2 aliphatic carbocycles. The van der Waals surface area contributed by atoms with Gasteiger partial charge in [-0.25, -0.2) is 0 Å². The van der Waals surface area contributed by atoms with Crippen LogP contribution in [0.2, 0.25) is 0 Å². The average Bonchev–Trinajstić information content (AvgIpc) is 2.69. The molecule has 4 fully saturated rings. The molecule has 7 atom stereocenters. The Morgan fingerprint density at radius 3 is 2.30 bits per heavy atom. The summed E-state index contributed by atoms with van der Waals surface area (Å²) in [5.74, 6) is 4.24. The molecule has 2 saturated carbocycles. The zero-order valence-electron chi connectivity index (χ0n) is 18.1. The lowest BCUT2D eigenvalue weighted by Crippen LogP contribution is -2.76. The Morgan fingerprint density at radius 2 is 1.56 bits per heavy atom. The zero-order chi connectivity index (χ0) is 19.0. The van der Waals surface area contributed by atoms with Crippen LogP contribution >= 0.6 is 0 Å². The molecular weight excluding hydrogens is 352 g/mol. The van der Waals surface area contributed by atoms with Crippen LogP contribution in [0.25, 0.3) is 0 Å². The maximum Gasteiger partial charge on any atom is 0.445 e. The Hall–Kier alpha value is 0.0569. The second-order valence-corrected chi connectivity index (χ2v) is 13.5. The Bertz CT molecular complexity index is 461. The first-order chi connectivity index (χ1) is 13.1. The fraction of sp³-hybridized carbons (Fsp3) is 1.00. The third kappa shape index (κ3) is 3.68. The number of piperidine rings is 2. The van der Waals surface area contributed by atoms with Gasteiger partial charge in [-0.2, -0.15) is 0 Å². The van der Waals surface area contributed by atoms with E-state index in [4.69, 9.17) is 8.85 Å². The third-order valence-electron chi connectivity index (χ3n) is 8.57. The molecule has 5 heteroatoms. The number of rotatable bonds is 4. The molecule has 2 heterocycles. The van der Waals surface area contributed by atoms with E-state index in [0.717, 1.165) is 36.1 Å². The van der Waals surface area contributed by atoms with Crippen LogP contribution < -0.4 is 5.32 Å². The highest BCUT2D eigenvalue weighted by molar-refractivity contribution is 6.66.